The molecule has 3 nitrogen and oxygen atoms in total. The Morgan fingerprint density at radius 1 is 1.36 bits per heavy atom. The molecule has 0 bridgehead atoms. The molecule has 1 rings (SSSR count). The molecular formula is C11H13NO2. The van der Waals surface area contributed by atoms with E-state index < -0.39 is 0 Å². The first-order valence-electron chi connectivity index (χ1n) is 4.51. The van der Waals surface area contributed by atoms with Gasteiger partial charge >= 0.3 is 0 Å². The van der Waals surface area contributed by atoms with Crippen molar-refractivity contribution in [3.63, 3.8) is 0 Å². The van der Waals surface area contributed by atoms with Gasteiger partial charge in [-0.3, -0.25) is 9.59 Å². The van der Waals surface area contributed by atoms with Crippen LogP contribution in [0, 0.1) is 0 Å². The van der Waals surface area contributed by atoms with Crippen molar-refractivity contribution in [2.24, 2.45) is 0 Å². The summed E-state index contributed by atoms with van der Waals surface area (Å²) in [6.07, 6.45) is 2.00. The van der Waals surface area contributed by atoms with E-state index in [0.29, 0.717) is 18.4 Å². The van der Waals surface area contributed by atoms with E-state index in [1.54, 1.807) is 19.2 Å². The van der Waals surface area contributed by atoms with Gasteiger partial charge in [0.15, 0.2) is 0 Å². The summed E-state index contributed by atoms with van der Waals surface area (Å²) in [4.78, 5) is 21.3. The van der Waals surface area contributed by atoms with Crippen molar-refractivity contribution in [3.8, 4) is 0 Å². The number of carbonyl (C=O) groups excluding carboxylic acids is 2. The molecule has 0 aliphatic heterocycles. The van der Waals surface area contributed by atoms with Gasteiger partial charge < -0.3 is 5.32 Å². The van der Waals surface area contributed by atoms with Gasteiger partial charge in [0.25, 0.3) is 0 Å². The fraction of sp³-hybridized carbons (Fsp3) is 0.273. The van der Waals surface area contributed by atoms with Gasteiger partial charge in [-0.25, -0.2) is 0 Å². The van der Waals surface area contributed by atoms with Gasteiger partial charge in [0.05, 0.1) is 0 Å². The Labute approximate surface area is 83.1 Å². The van der Waals surface area contributed by atoms with Crippen LogP contribution in [0.2, 0.25) is 0 Å². The van der Waals surface area contributed by atoms with Gasteiger partial charge in [-0.2, -0.15) is 0 Å². The molecule has 0 radical (unpaired) electrons. The summed E-state index contributed by atoms with van der Waals surface area (Å²) in [5, 5.41) is 2.56. The minimum atomic E-state index is 0.0319. The lowest BCUT2D eigenvalue weighted by molar-refractivity contribution is -0.120. The number of amides is 1. The lowest BCUT2D eigenvalue weighted by Crippen LogP contribution is -2.17. The second-order valence-corrected chi connectivity index (χ2v) is 3.03. The number of nitrogens with one attached hydrogen (secondary N) is 1. The predicted molar refractivity (Wildman–Crippen MR) is 54.2 cm³/mol. The van der Waals surface area contributed by atoms with E-state index in [1.807, 2.05) is 12.1 Å². The molecule has 0 aliphatic carbocycles. The molecule has 1 aromatic carbocycles. The van der Waals surface area contributed by atoms with Crippen molar-refractivity contribution in [1.29, 1.82) is 0 Å². The van der Waals surface area contributed by atoms with Crippen LogP contribution in [0.5, 0.6) is 0 Å². The topological polar surface area (TPSA) is 46.2 Å². The molecule has 0 unspecified atom stereocenters. The normalized spacial score (nSPS) is 9.50. The zero-order valence-corrected chi connectivity index (χ0v) is 8.12. The van der Waals surface area contributed by atoms with Crippen LogP contribution in [-0.4, -0.2) is 19.2 Å². The number of hydrogen-bond acceptors (Lipinski definition) is 2. The van der Waals surface area contributed by atoms with Crippen molar-refractivity contribution < 1.29 is 9.59 Å². The minimum absolute atomic E-state index is 0.0319. The number of carbonyl (C=O) groups is 2. The van der Waals surface area contributed by atoms with E-state index in [9.17, 15) is 9.59 Å². The fourth-order valence-electron chi connectivity index (χ4n) is 1.15. The molecule has 1 amide bonds. The highest BCUT2D eigenvalue weighted by Crippen LogP contribution is 2.05. The first kappa shape index (κ1) is 10.4. The Morgan fingerprint density at radius 2 is 2.00 bits per heavy atom. The van der Waals surface area contributed by atoms with Gasteiger partial charge in [-0.05, 0) is 12.0 Å². The molecule has 0 atom stereocenters. The Morgan fingerprint density at radius 3 is 2.50 bits per heavy atom. The second-order valence-electron chi connectivity index (χ2n) is 3.03. The SMILES string of the molecule is CNC(=O)CCc1ccc(C=O)cc1. The Hall–Kier alpha value is -1.64. The maximum Gasteiger partial charge on any atom is 0.220 e. The fourth-order valence-corrected chi connectivity index (χ4v) is 1.15. The largest absolute Gasteiger partial charge is 0.359 e. The third kappa shape index (κ3) is 3.01. The average Bonchev–Trinajstić information content (AvgIpc) is 2.26. The van der Waals surface area contributed by atoms with Crippen LogP contribution in [0.3, 0.4) is 0 Å². The summed E-state index contributed by atoms with van der Waals surface area (Å²) >= 11 is 0. The summed E-state index contributed by atoms with van der Waals surface area (Å²) in [6, 6.07) is 7.25. The maximum atomic E-state index is 10.9. The molecule has 3 heteroatoms. The predicted octanol–water partition coefficient (Wildman–Crippen LogP) is 1.18. The van der Waals surface area contributed by atoms with Gasteiger partial charge in [0.2, 0.25) is 5.91 Å². The zero-order chi connectivity index (χ0) is 10.4. The van der Waals surface area contributed by atoms with Crippen LogP contribution in [0.4, 0.5) is 0 Å². The molecule has 1 aromatic rings. The smallest absolute Gasteiger partial charge is 0.220 e. The van der Waals surface area contributed by atoms with Crippen LogP contribution in [0.15, 0.2) is 24.3 Å². The van der Waals surface area contributed by atoms with Crippen LogP contribution in [0.25, 0.3) is 0 Å². The van der Waals surface area contributed by atoms with Gasteiger partial charge in [0, 0.05) is 19.0 Å². The molecular weight excluding hydrogens is 178 g/mol. The van der Waals surface area contributed by atoms with E-state index in [-0.39, 0.29) is 5.91 Å². The van der Waals surface area contributed by atoms with Gasteiger partial charge in [0.1, 0.15) is 6.29 Å². The standard InChI is InChI=1S/C11H13NO2/c1-12-11(14)7-6-9-2-4-10(8-13)5-3-9/h2-5,8H,6-7H2,1H3,(H,12,14). The average molecular weight is 191 g/mol. The number of aryl methyl sites for hydroxylation is 1. The van der Waals surface area contributed by atoms with Crippen LogP contribution >= 0.6 is 0 Å². The van der Waals surface area contributed by atoms with Crippen LogP contribution in [0.1, 0.15) is 22.3 Å². The molecule has 0 saturated carbocycles. The van der Waals surface area contributed by atoms with Crippen molar-refractivity contribution in [2.75, 3.05) is 7.05 Å². The molecule has 0 fully saturated rings. The quantitative estimate of drug-likeness (QED) is 0.726. The molecule has 0 saturated heterocycles. The number of hydrogen-bond donors (Lipinski definition) is 1. The van der Waals surface area contributed by atoms with E-state index in [4.69, 9.17) is 0 Å². The van der Waals surface area contributed by atoms with Crippen LogP contribution < -0.4 is 5.32 Å². The Kier molecular flexibility index (Phi) is 3.85. The third-order valence-electron chi connectivity index (χ3n) is 2.04. The van der Waals surface area contributed by atoms with E-state index >= 15 is 0 Å². The summed E-state index contributed by atoms with van der Waals surface area (Å²) < 4.78 is 0. The summed E-state index contributed by atoms with van der Waals surface area (Å²) in [5.41, 5.74) is 1.73. The third-order valence-corrected chi connectivity index (χ3v) is 2.04. The highest BCUT2D eigenvalue weighted by atomic mass is 16.1. The van der Waals surface area contributed by atoms with E-state index in [1.165, 1.54) is 0 Å². The van der Waals surface area contributed by atoms with E-state index in [0.717, 1.165) is 11.8 Å². The molecule has 14 heavy (non-hydrogen) atoms. The highest BCUT2D eigenvalue weighted by Gasteiger charge is 1.99. The van der Waals surface area contributed by atoms with Gasteiger partial charge in [-0.1, -0.05) is 24.3 Å². The lowest BCUT2D eigenvalue weighted by atomic mass is 10.1. The highest BCUT2D eigenvalue weighted by molar-refractivity contribution is 5.76. The monoisotopic (exact) mass is 191 g/mol. The number of rotatable bonds is 4. The lowest BCUT2D eigenvalue weighted by Gasteiger charge is -2.00. The molecule has 0 heterocycles. The summed E-state index contributed by atoms with van der Waals surface area (Å²) in [5.74, 6) is 0.0319. The van der Waals surface area contributed by atoms with Crippen molar-refractivity contribution >= 4 is 12.2 Å². The first-order chi connectivity index (χ1) is 6.76. The van der Waals surface area contributed by atoms with Gasteiger partial charge in [-0.15, -0.1) is 0 Å². The Bertz CT molecular complexity index is 317. The molecule has 74 valence electrons. The zero-order valence-electron chi connectivity index (χ0n) is 8.12. The van der Waals surface area contributed by atoms with E-state index in [2.05, 4.69) is 5.32 Å². The second kappa shape index (κ2) is 5.17. The van der Waals surface area contributed by atoms with Crippen LogP contribution in [-0.2, 0) is 11.2 Å². The number of aldehydes is 1. The summed E-state index contributed by atoms with van der Waals surface area (Å²) in [6.45, 7) is 0. The molecule has 1 N–H and O–H groups in total. The minimum Gasteiger partial charge on any atom is -0.359 e. The first-order valence-corrected chi connectivity index (χ1v) is 4.51. The van der Waals surface area contributed by atoms with Crippen molar-refractivity contribution in [3.05, 3.63) is 35.4 Å². The van der Waals surface area contributed by atoms with Crippen molar-refractivity contribution in [1.82, 2.24) is 5.32 Å². The molecule has 0 aromatic heterocycles. The Balaban J connectivity index is 2.51. The van der Waals surface area contributed by atoms with Crippen molar-refractivity contribution in [2.45, 2.75) is 12.8 Å². The summed E-state index contributed by atoms with van der Waals surface area (Å²) in [7, 11) is 1.62. The molecule has 0 spiro atoms. The maximum absolute atomic E-state index is 10.9. The number of benzene rings is 1. The molecule has 0 aliphatic rings.